The second-order valence-corrected chi connectivity index (χ2v) is 12.4. The largest absolute Gasteiger partial charge is 0.496 e. The van der Waals surface area contributed by atoms with Crippen molar-refractivity contribution >= 4 is 55.0 Å². The molecular formula is C32H33BrN4O3S. The van der Waals surface area contributed by atoms with Crippen LogP contribution in [0, 0.1) is 0 Å². The normalized spacial score (nSPS) is 17.0. The van der Waals surface area contributed by atoms with E-state index in [0.717, 1.165) is 53.5 Å². The molecule has 2 aliphatic heterocycles. The number of aryl methyl sites for hydroxylation is 1. The maximum Gasteiger partial charge on any atom is 0.315 e. The summed E-state index contributed by atoms with van der Waals surface area (Å²) in [5.74, 6) is 0.401. The molecule has 2 atom stereocenters. The molecule has 6 rings (SSSR count). The summed E-state index contributed by atoms with van der Waals surface area (Å²) in [6.45, 7) is 1.98. The van der Waals surface area contributed by atoms with E-state index in [2.05, 4.69) is 73.7 Å². The van der Waals surface area contributed by atoms with E-state index in [9.17, 15) is 9.59 Å². The number of nitrogens with one attached hydrogen (secondary N) is 3. The molecule has 3 heterocycles. The lowest BCUT2D eigenvalue weighted by Gasteiger charge is -2.31. The number of halogens is 1. The first-order chi connectivity index (χ1) is 20.0. The van der Waals surface area contributed by atoms with Gasteiger partial charge in [0, 0.05) is 40.1 Å². The monoisotopic (exact) mass is 632 g/mol. The Morgan fingerprint density at radius 1 is 1.15 bits per heavy atom. The first kappa shape index (κ1) is 27.6. The second kappa shape index (κ2) is 12.1. The number of ether oxygens (including phenoxy) is 1. The molecule has 3 aromatic carbocycles. The van der Waals surface area contributed by atoms with Crippen molar-refractivity contribution in [1.29, 1.82) is 0 Å². The van der Waals surface area contributed by atoms with E-state index in [1.54, 1.807) is 18.4 Å². The van der Waals surface area contributed by atoms with E-state index in [0.29, 0.717) is 24.4 Å². The van der Waals surface area contributed by atoms with Gasteiger partial charge in [0.25, 0.3) is 5.91 Å². The minimum absolute atomic E-state index is 0.0561. The molecule has 7 nitrogen and oxygen atoms in total. The number of likely N-dealkylation sites (tertiary alicyclic amines) is 1. The van der Waals surface area contributed by atoms with E-state index >= 15 is 0 Å². The molecule has 0 spiro atoms. The van der Waals surface area contributed by atoms with Gasteiger partial charge in [0.1, 0.15) is 11.8 Å². The van der Waals surface area contributed by atoms with E-state index in [1.165, 1.54) is 15.6 Å². The molecule has 3 N–H and O–H groups in total. The third-order valence-corrected chi connectivity index (χ3v) is 9.46. The van der Waals surface area contributed by atoms with Crippen LogP contribution in [-0.4, -0.2) is 37.0 Å². The van der Waals surface area contributed by atoms with Crippen molar-refractivity contribution in [2.45, 2.75) is 44.3 Å². The fourth-order valence-electron chi connectivity index (χ4n) is 6.00. The van der Waals surface area contributed by atoms with Crippen molar-refractivity contribution < 1.29 is 14.3 Å². The maximum absolute atomic E-state index is 14.4. The summed E-state index contributed by atoms with van der Waals surface area (Å²) in [6, 6.07) is 18.8. The van der Waals surface area contributed by atoms with Gasteiger partial charge in [-0.1, -0.05) is 46.3 Å². The number of carbonyl (C=O) groups excluding carboxylic acids is 2. The Balaban J connectivity index is 1.26. The Morgan fingerprint density at radius 2 is 2.05 bits per heavy atom. The van der Waals surface area contributed by atoms with Gasteiger partial charge >= 0.3 is 6.03 Å². The number of rotatable bonds is 7. The van der Waals surface area contributed by atoms with E-state index in [-0.39, 0.29) is 11.9 Å². The van der Waals surface area contributed by atoms with Crippen molar-refractivity contribution in [3.8, 4) is 5.75 Å². The van der Waals surface area contributed by atoms with E-state index in [4.69, 9.17) is 4.74 Å². The van der Waals surface area contributed by atoms with Gasteiger partial charge < -0.3 is 25.6 Å². The van der Waals surface area contributed by atoms with Gasteiger partial charge in [0.15, 0.2) is 0 Å². The molecule has 2 unspecified atom stereocenters. The summed E-state index contributed by atoms with van der Waals surface area (Å²) < 4.78 is 7.66. The zero-order valence-corrected chi connectivity index (χ0v) is 25.3. The average molecular weight is 634 g/mol. The quantitative estimate of drug-likeness (QED) is 0.206. The van der Waals surface area contributed by atoms with Crippen molar-refractivity contribution in [1.82, 2.24) is 15.5 Å². The Bertz CT molecular complexity index is 1590. The smallest absolute Gasteiger partial charge is 0.315 e. The second-order valence-electron chi connectivity index (χ2n) is 10.5. The lowest BCUT2D eigenvalue weighted by atomic mass is 10.00. The fraction of sp³-hybridized carbons (Fsp3) is 0.312. The third kappa shape index (κ3) is 5.78. The predicted octanol–water partition coefficient (Wildman–Crippen LogP) is 6.93. The highest BCUT2D eigenvalue weighted by Gasteiger charge is 2.37. The van der Waals surface area contributed by atoms with Crippen LogP contribution in [0.4, 0.5) is 10.5 Å². The molecule has 4 aromatic rings. The van der Waals surface area contributed by atoms with Crippen LogP contribution in [0.3, 0.4) is 0 Å². The number of benzene rings is 3. The summed E-state index contributed by atoms with van der Waals surface area (Å²) >= 11 is 5.25. The molecule has 0 bridgehead atoms. The lowest BCUT2D eigenvalue weighted by molar-refractivity contribution is -0.134. The van der Waals surface area contributed by atoms with Crippen LogP contribution in [0.1, 0.15) is 53.6 Å². The molecule has 0 aliphatic carbocycles. The zero-order valence-electron chi connectivity index (χ0n) is 22.9. The number of urea groups is 1. The number of amides is 3. The summed E-state index contributed by atoms with van der Waals surface area (Å²) in [4.78, 5) is 29.6. The van der Waals surface area contributed by atoms with Crippen LogP contribution < -0.4 is 20.7 Å². The number of methoxy groups -OCH3 is 1. The first-order valence-electron chi connectivity index (χ1n) is 14.0. The minimum Gasteiger partial charge on any atom is -0.496 e. The van der Waals surface area contributed by atoms with Crippen molar-refractivity contribution in [2.24, 2.45) is 0 Å². The summed E-state index contributed by atoms with van der Waals surface area (Å²) in [6.07, 6.45) is 3.91. The van der Waals surface area contributed by atoms with Crippen molar-refractivity contribution in [3.63, 3.8) is 0 Å². The van der Waals surface area contributed by atoms with Crippen LogP contribution in [0.25, 0.3) is 10.1 Å². The van der Waals surface area contributed by atoms with Gasteiger partial charge in [-0.2, -0.15) is 0 Å². The van der Waals surface area contributed by atoms with Crippen molar-refractivity contribution in [2.75, 3.05) is 25.5 Å². The average Bonchev–Trinajstić information content (AvgIpc) is 3.68. The van der Waals surface area contributed by atoms with Gasteiger partial charge in [-0.3, -0.25) is 4.79 Å². The molecule has 1 saturated heterocycles. The topological polar surface area (TPSA) is 82.7 Å². The number of carbonyl (C=O) groups is 2. The van der Waals surface area contributed by atoms with Gasteiger partial charge in [-0.25, -0.2) is 4.79 Å². The van der Waals surface area contributed by atoms with E-state index in [1.807, 2.05) is 29.2 Å². The Morgan fingerprint density at radius 3 is 2.93 bits per heavy atom. The molecule has 2 aliphatic rings. The molecule has 1 fully saturated rings. The molecule has 1 aromatic heterocycles. The zero-order chi connectivity index (χ0) is 28.3. The molecule has 41 heavy (non-hydrogen) atoms. The highest BCUT2D eigenvalue weighted by molar-refractivity contribution is 9.10. The van der Waals surface area contributed by atoms with Gasteiger partial charge in [-0.15, -0.1) is 11.3 Å². The highest BCUT2D eigenvalue weighted by atomic mass is 79.9. The van der Waals surface area contributed by atoms with Gasteiger partial charge in [0.2, 0.25) is 0 Å². The number of nitrogens with zero attached hydrogens (tertiary/aromatic N) is 1. The number of anilines is 1. The van der Waals surface area contributed by atoms with E-state index < -0.39 is 12.1 Å². The number of hydrogen-bond donors (Lipinski definition) is 3. The fourth-order valence-corrected chi connectivity index (χ4v) is 7.35. The molecule has 9 heteroatoms. The number of fused-ring (bicyclic) bond motifs is 2. The summed E-state index contributed by atoms with van der Waals surface area (Å²) in [7, 11) is 1.58. The number of hydrogen-bond acceptors (Lipinski definition) is 5. The Labute approximate surface area is 252 Å². The SMILES string of the molecule is COc1ccc(Br)cc1C(NC(=O)NCc1ccc2c(c1)CCCN2)C(=O)N1CCCC1c1cccc2ccsc12. The Hall–Kier alpha value is -3.56. The van der Waals surface area contributed by atoms with Crippen LogP contribution in [0.2, 0.25) is 0 Å². The minimum atomic E-state index is -0.918. The molecular weight excluding hydrogens is 600 g/mol. The van der Waals surface area contributed by atoms with Crippen LogP contribution in [0.15, 0.2) is 70.5 Å². The highest BCUT2D eigenvalue weighted by Crippen LogP contribution is 2.40. The number of thiophene rings is 1. The van der Waals surface area contributed by atoms with Gasteiger partial charge in [-0.05, 0) is 83.5 Å². The predicted molar refractivity (Wildman–Crippen MR) is 168 cm³/mol. The summed E-state index contributed by atoms with van der Waals surface area (Å²) in [5, 5.41) is 12.7. The summed E-state index contributed by atoms with van der Waals surface area (Å²) in [5.41, 5.74) is 5.23. The van der Waals surface area contributed by atoms with Crippen LogP contribution in [-0.2, 0) is 17.8 Å². The standard InChI is InChI=1S/C32H33BrN4O3S/c1-40-28-12-10-23(33)18-25(28)29(36-32(39)35-19-20-9-11-26-22(17-20)6-3-14-34-26)31(38)37-15-4-8-27(37)24-7-2-5-21-13-16-41-30(21)24/h2,5,7,9-13,16-18,27,29,34H,3-4,6,8,14-15,19H2,1H3,(H2,35,36,39). The molecule has 0 saturated carbocycles. The van der Waals surface area contributed by atoms with Crippen LogP contribution in [0.5, 0.6) is 5.75 Å². The lowest BCUT2D eigenvalue weighted by Crippen LogP contribution is -2.46. The van der Waals surface area contributed by atoms with Gasteiger partial charge in [0.05, 0.1) is 13.2 Å². The third-order valence-electron chi connectivity index (χ3n) is 7.99. The molecule has 212 valence electrons. The first-order valence-corrected chi connectivity index (χ1v) is 15.7. The Kier molecular flexibility index (Phi) is 8.16. The molecule has 0 radical (unpaired) electrons. The maximum atomic E-state index is 14.4. The van der Waals surface area contributed by atoms with Crippen molar-refractivity contribution in [3.05, 3.63) is 92.8 Å². The van der Waals surface area contributed by atoms with Crippen LogP contribution >= 0.6 is 27.3 Å². The molecule has 3 amide bonds.